The Balaban J connectivity index is 1.87. The van der Waals surface area contributed by atoms with Gasteiger partial charge in [-0.15, -0.1) is 0 Å². The fourth-order valence-electron chi connectivity index (χ4n) is 5.63. The summed E-state index contributed by atoms with van der Waals surface area (Å²) in [5.41, 5.74) is 0.796. The highest BCUT2D eigenvalue weighted by Crippen LogP contribution is 2.22. The third-order valence-corrected chi connectivity index (χ3v) is 8.48. The van der Waals surface area contributed by atoms with E-state index in [2.05, 4.69) is 16.0 Å². The second-order valence-corrected chi connectivity index (χ2v) is 11.6. The van der Waals surface area contributed by atoms with Crippen LogP contribution >= 0.6 is 0 Å². The lowest BCUT2D eigenvalue weighted by Crippen LogP contribution is -2.64. The summed E-state index contributed by atoms with van der Waals surface area (Å²) >= 11 is 0. The van der Waals surface area contributed by atoms with Crippen LogP contribution in [0.2, 0.25) is 0 Å². The van der Waals surface area contributed by atoms with Gasteiger partial charge in [-0.1, -0.05) is 51.7 Å². The fourth-order valence-corrected chi connectivity index (χ4v) is 5.63. The summed E-state index contributed by atoms with van der Waals surface area (Å²) in [6, 6.07) is 3.78. The van der Waals surface area contributed by atoms with Crippen LogP contribution in [-0.2, 0) is 30.4 Å². The number of benzene rings is 1. The van der Waals surface area contributed by atoms with Crippen LogP contribution in [-0.4, -0.2) is 89.6 Å². The second kappa shape index (κ2) is 16.8. The average Bonchev–Trinajstić information content (AvgIpc) is 3.03. The Morgan fingerprint density at radius 1 is 0.977 bits per heavy atom. The number of hydrogen-bond acceptors (Lipinski definition) is 7. The third kappa shape index (κ3) is 9.67. The SMILES string of the molecule is CC[C@@H](C)[C@@H]1NC(=O)[C@@H](Cc2ccc(OC)cc2)NC(=O)[C@H](CCCCCCN(O)C=O)NC(=O)[C@H]2CCCCN2C1=O. The first-order valence-corrected chi connectivity index (χ1v) is 15.4. The molecule has 4 N–H and O–H groups in total. The molecule has 5 atom stereocenters. The van der Waals surface area contributed by atoms with Crippen molar-refractivity contribution in [2.45, 2.75) is 102 Å². The predicted octanol–water partition coefficient (Wildman–Crippen LogP) is 1.93. The highest BCUT2D eigenvalue weighted by atomic mass is 16.5. The van der Waals surface area contributed by atoms with Gasteiger partial charge in [-0.3, -0.25) is 29.2 Å². The molecule has 0 bridgehead atoms. The number of ether oxygens (including phenoxy) is 1. The van der Waals surface area contributed by atoms with Gasteiger partial charge >= 0.3 is 0 Å². The van der Waals surface area contributed by atoms with Crippen LogP contribution < -0.4 is 20.7 Å². The Morgan fingerprint density at radius 2 is 1.65 bits per heavy atom. The van der Waals surface area contributed by atoms with Gasteiger partial charge in [0.2, 0.25) is 30.0 Å². The van der Waals surface area contributed by atoms with Gasteiger partial charge in [-0.2, -0.15) is 0 Å². The van der Waals surface area contributed by atoms with Gasteiger partial charge in [0.1, 0.15) is 29.9 Å². The average molecular weight is 602 g/mol. The summed E-state index contributed by atoms with van der Waals surface area (Å²) < 4.78 is 5.24. The summed E-state index contributed by atoms with van der Waals surface area (Å²) in [7, 11) is 1.56. The Bertz CT molecular complexity index is 1100. The number of piperidine rings is 1. The van der Waals surface area contributed by atoms with Gasteiger partial charge in [-0.25, -0.2) is 5.06 Å². The molecule has 0 radical (unpaired) electrons. The summed E-state index contributed by atoms with van der Waals surface area (Å²) in [5, 5.41) is 18.6. The molecule has 2 fully saturated rings. The molecule has 2 aliphatic rings. The molecule has 0 aliphatic carbocycles. The smallest absolute Gasteiger partial charge is 0.246 e. The Labute approximate surface area is 253 Å². The third-order valence-electron chi connectivity index (χ3n) is 8.48. The van der Waals surface area contributed by atoms with E-state index in [1.54, 1.807) is 24.1 Å². The monoisotopic (exact) mass is 601 g/mol. The number of fused-ring (bicyclic) bond motifs is 1. The summed E-state index contributed by atoms with van der Waals surface area (Å²) in [6.45, 7) is 4.48. The molecule has 0 unspecified atom stereocenters. The first kappa shape index (κ1) is 33.8. The summed E-state index contributed by atoms with van der Waals surface area (Å²) in [4.78, 5) is 67.1. The van der Waals surface area contributed by atoms with Crippen molar-refractivity contribution in [3.05, 3.63) is 29.8 Å². The second-order valence-electron chi connectivity index (χ2n) is 11.6. The molecule has 2 heterocycles. The molecule has 238 valence electrons. The fraction of sp³-hybridized carbons (Fsp3) is 0.645. The maximum Gasteiger partial charge on any atom is 0.246 e. The van der Waals surface area contributed by atoms with Gasteiger partial charge in [0, 0.05) is 19.5 Å². The first-order valence-electron chi connectivity index (χ1n) is 15.4. The highest BCUT2D eigenvalue weighted by molar-refractivity contribution is 5.97. The molecule has 2 aliphatic heterocycles. The number of hydrogen-bond donors (Lipinski definition) is 4. The van der Waals surface area contributed by atoms with E-state index < -0.39 is 36.0 Å². The van der Waals surface area contributed by atoms with Crippen molar-refractivity contribution in [1.29, 1.82) is 0 Å². The van der Waals surface area contributed by atoms with Gasteiger partial charge in [-0.05, 0) is 55.7 Å². The minimum absolute atomic E-state index is 0.181. The molecule has 5 amide bonds. The van der Waals surface area contributed by atoms with Crippen LogP contribution in [0, 0.1) is 5.92 Å². The van der Waals surface area contributed by atoms with E-state index >= 15 is 0 Å². The molecule has 2 saturated heterocycles. The molecule has 0 spiro atoms. The molecule has 0 saturated carbocycles. The van der Waals surface area contributed by atoms with Crippen LogP contribution in [0.3, 0.4) is 0 Å². The van der Waals surface area contributed by atoms with Crippen LogP contribution in [0.4, 0.5) is 0 Å². The summed E-state index contributed by atoms with van der Waals surface area (Å²) in [6.07, 6.45) is 6.18. The maximum atomic E-state index is 13.9. The van der Waals surface area contributed by atoms with Gasteiger partial charge in [0.25, 0.3) is 0 Å². The van der Waals surface area contributed by atoms with Crippen molar-refractivity contribution < 1.29 is 33.9 Å². The molecule has 43 heavy (non-hydrogen) atoms. The largest absolute Gasteiger partial charge is 0.497 e. The minimum atomic E-state index is -0.977. The predicted molar refractivity (Wildman–Crippen MR) is 159 cm³/mol. The van der Waals surface area contributed by atoms with E-state index in [-0.39, 0.29) is 30.7 Å². The molecule has 1 aromatic carbocycles. The van der Waals surface area contributed by atoms with Crippen LogP contribution in [0.25, 0.3) is 0 Å². The Hall–Kier alpha value is -3.67. The van der Waals surface area contributed by atoms with Gasteiger partial charge in [0.05, 0.1) is 7.11 Å². The van der Waals surface area contributed by atoms with E-state index in [1.165, 1.54) is 0 Å². The Morgan fingerprint density at radius 3 is 2.33 bits per heavy atom. The standard InChI is InChI=1S/C31H47N5O7/c1-4-21(2)27-31(41)36-18-10-8-12-26(36)30(40)32-24(11-7-5-6-9-17-35(42)20-37)28(38)33-25(29(39)34-27)19-22-13-15-23(43-3)16-14-22/h13-16,20-21,24-27,42H,4-12,17-19H2,1-3H3,(H,32,40)(H,33,38)(H,34,39)/t21-,24+,25-,26-,27+/m1/s1. The quantitative estimate of drug-likeness (QED) is 0.116. The normalized spacial score (nSPS) is 24.0. The number of methoxy groups -OCH3 is 1. The number of rotatable bonds is 13. The highest BCUT2D eigenvalue weighted by Gasteiger charge is 2.40. The first-order chi connectivity index (χ1) is 20.7. The van der Waals surface area contributed by atoms with E-state index in [1.807, 2.05) is 26.0 Å². The van der Waals surface area contributed by atoms with E-state index in [0.29, 0.717) is 62.3 Å². The van der Waals surface area contributed by atoms with Crippen molar-refractivity contribution >= 4 is 30.0 Å². The molecule has 12 nitrogen and oxygen atoms in total. The molecule has 12 heteroatoms. The number of nitrogens with zero attached hydrogens (tertiary/aromatic N) is 2. The lowest BCUT2D eigenvalue weighted by molar-refractivity contribution is -0.149. The van der Waals surface area contributed by atoms with E-state index in [9.17, 15) is 29.2 Å². The lowest BCUT2D eigenvalue weighted by atomic mass is 9.93. The maximum absolute atomic E-state index is 13.9. The van der Waals surface area contributed by atoms with Crippen LogP contribution in [0.15, 0.2) is 24.3 Å². The zero-order chi connectivity index (χ0) is 31.4. The Kier molecular flexibility index (Phi) is 13.2. The van der Waals surface area contributed by atoms with E-state index in [0.717, 1.165) is 24.8 Å². The van der Waals surface area contributed by atoms with Crippen molar-refractivity contribution in [1.82, 2.24) is 25.9 Å². The van der Waals surface area contributed by atoms with Crippen molar-refractivity contribution in [3.63, 3.8) is 0 Å². The minimum Gasteiger partial charge on any atom is -0.497 e. The zero-order valence-corrected chi connectivity index (χ0v) is 25.5. The van der Waals surface area contributed by atoms with E-state index in [4.69, 9.17) is 4.74 Å². The number of nitrogens with one attached hydrogen (secondary N) is 3. The van der Waals surface area contributed by atoms with Crippen LogP contribution in [0.5, 0.6) is 5.75 Å². The number of hydroxylamine groups is 2. The van der Waals surface area contributed by atoms with Gasteiger partial charge in [0.15, 0.2) is 0 Å². The molecular formula is C31H47N5O7. The summed E-state index contributed by atoms with van der Waals surface area (Å²) in [5.74, 6) is -1.07. The molecule has 3 rings (SSSR count). The van der Waals surface area contributed by atoms with Crippen molar-refractivity contribution in [2.24, 2.45) is 5.92 Å². The molecule has 0 aromatic heterocycles. The number of unbranched alkanes of at least 4 members (excludes halogenated alkanes) is 3. The topological polar surface area (TPSA) is 157 Å². The number of amides is 5. The van der Waals surface area contributed by atoms with Gasteiger partial charge < -0.3 is 25.6 Å². The molecular weight excluding hydrogens is 554 g/mol. The van der Waals surface area contributed by atoms with Crippen molar-refractivity contribution in [2.75, 3.05) is 20.2 Å². The number of carbonyl (C=O) groups excluding carboxylic acids is 5. The molecule has 1 aromatic rings. The lowest BCUT2D eigenvalue weighted by Gasteiger charge is -2.39. The van der Waals surface area contributed by atoms with Crippen molar-refractivity contribution in [3.8, 4) is 5.75 Å². The van der Waals surface area contributed by atoms with Crippen LogP contribution in [0.1, 0.15) is 77.2 Å². The number of carbonyl (C=O) groups is 5. The zero-order valence-electron chi connectivity index (χ0n) is 25.5.